The zero-order valence-corrected chi connectivity index (χ0v) is 13.1. The van der Waals surface area contributed by atoms with E-state index in [2.05, 4.69) is 5.32 Å². The summed E-state index contributed by atoms with van der Waals surface area (Å²) in [5.41, 5.74) is 6.82. The molecule has 1 aromatic carbocycles. The second kappa shape index (κ2) is 7.94. The van der Waals surface area contributed by atoms with E-state index in [1.54, 1.807) is 7.05 Å². The molecule has 22 heavy (non-hydrogen) atoms. The number of rotatable bonds is 5. The number of amides is 2. The lowest BCUT2D eigenvalue weighted by Crippen LogP contribution is -2.40. The van der Waals surface area contributed by atoms with Crippen molar-refractivity contribution in [2.75, 3.05) is 18.9 Å². The molecule has 1 aromatic rings. The van der Waals surface area contributed by atoms with Crippen LogP contribution in [0.1, 0.15) is 32.1 Å². The molecule has 2 rings (SSSR count). The lowest BCUT2D eigenvalue weighted by Gasteiger charge is -2.29. The minimum atomic E-state index is -0.185. The van der Waals surface area contributed by atoms with Gasteiger partial charge in [0, 0.05) is 25.2 Å². The van der Waals surface area contributed by atoms with E-state index in [1.807, 2.05) is 30.3 Å². The van der Waals surface area contributed by atoms with Crippen molar-refractivity contribution in [3.8, 4) is 0 Å². The van der Waals surface area contributed by atoms with E-state index >= 15 is 0 Å². The van der Waals surface area contributed by atoms with Crippen molar-refractivity contribution >= 4 is 17.5 Å². The molecule has 1 aliphatic carbocycles. The molecular weight excluding hydrogens is 278 g/mol. The van der Waals surface area contributed by atoms with Crippen LogP contribution < -0.4 is 11.1 Å². The normalized spacial score (nSPS) is 21.2. The minimum Gasteiger partial charge on any atom is -0.336 e. The van der Waals surface area contributed by atoms with Crippen LogP contribution in [0.2, 0.25) is 0 Å². The van der Waals surface area contributed by atoms with E-state index in [0.717, 1.165) is 31.4 Å². The maximum absolute atomic E-state index is 12.2. The average molecular weight is 303 g/mol. The van der Waals surface area contributed by atoms with Crippen LogP contribution in [0.3, 0.4) is 0 Å². The van der Waals surface area contributed by atoms with E-state index < -0.39 is 0 Å². The maximum atomic E-state index is 12.2. The maximum Gasteiger partial charge on any atom is 0.243 e. The Morgan fingerprint density at radius 2 is 1.91 bits per heavy atom. The van der Waals surface area contributed by atoms with Crippen molar-refractivity contribution in [1.29, 1.82) is 0 Å². The topological polar surface area (TPSA) is 75.4 Å². The SMILES string of the molecule is CN(CC(=O)Nc1ccccc1)C(=O)CC1CCCCC1N. The monoisotopic (exact) mass is 303 g/mol. The third-order valence-corrected chi connectivity index (χ3v) is 4.27. The summed E-state index contributed by atoms with van der Waals surface area (Å²) in [7, 11) is 1.67. The number of hydrogen-bond donors (Lipinski definition) is 2. The van der Waals surface area contributed by atoms with Crippen molar-refractivity contribution in [2.45, 2.75) is 38.1 Å². The Bertz CT molecular complexity index is 504. The van der Waals surface area contributed by atoms with Crippen LogP contribution in [0.25, 0.3) is 0 Å². The molecule has 0 spiro atoms. The van der Waals surface area contributed by atoms with Gasteiger partial charge in [0.1, 0.15) is 0 Å². The number of para-hydroxylation sites is 1. The Morgan fingerprint density at radius 1 is 1.23 bits per heavy atom. The number of nitrogens with one attached hydrogen (secondary N) is 1. The van der Waals surface area contributed by atoms with Gasteiger partial charge in [0.2, 0.25) is 11.8 Å². The molecule has 2 unspecified atom stereocenters. The molecule has 1 saturated carbocycles. The molecule has 1 fully saturated rings. The van der Waals surface area contributed by atoms with Crippen LogP contribution in [0.15, 0.2) is 30.3 Å². The highest BCUT2D eigenvalue weighted by Crippen LogP contribution is 2.26. The number of hydrogen-bond acceptors (Lipinski definition) is 3. The zero-order chi connectivity index (χ0) is 15.9. The molecule has 0 heterocycles. The highest BCUT2D eigenvalue weighted by molar-refractivity contribution is 5.94. The first kappa shape index (κ1) is 16.5. The van der Waals surface area contributed by atoms with Gasteiger partial charge in [0.25, 0.3) is 0 Å². The Morgan fingerprint density at radius 3 is 2.59 bits per heavy atom. The molecule has 0 aliphatic heterocycles. The summed E-state index contributed by atoms with van der Waals surface area (Å²) >= 11 is 0. The standard InChI is InChI=1S/C17H25N3O2/c1-20(12-16(21)19-14-8-3-2-4-9-14)17(22)11-13-7-5-6-10-15(13)18/h2-4,8-9,13,15H,5-7,10-12,18H2,1H3,(H,19,21). The van der Waals surface area contributed by atoms with E-state index in [0.29, 0.717) is 6.42 Å². The van der Waals surface area contributed by atoms with Crippen molar-refractivity contribution in [3.63, 3.8) is 0 Å². The molecular formula is C17H25N3O2. The quantitative estimate of drug-likeness (QED) is 0.873. The fourth-order valence-electron chi connectivity index (χ4n) is 2.90. The molecule has 5 nitrogen and oxygen atoms in total. The summed E-state index contributed by atoms with van der Waals surface area (Å²) in [6, 6.07) is 9.36. The van der Waals surface area contributed by atoms with Crippen LogP contribution in [0.5, 0.6) is 0 Å². The van der Waals surface area contributed by atoms with Crippen LogP contribution >= 0.6 is 0 Å². The van der Waals surface area contributed by atoms with Gasteiger partial charge in [-0.2, -0.15) is 0 Å². The Kier molecular flexibility index (Phi) is 5.95. The molecule has 0 saturated heterocycles. The fourth-order valence-corrected chi connectivity index (χ4v) is 2.90. The van der Waals surface area contributed by atoms with Crippen molar-refractivity contribution in [2.24, 2.45) is 11.7 Å². The van der Waals surface area contributed by atoms with E-state index in [4.69, 9.17) is 5.73 Å². The Hall–Kier alpha value is -1.88. The summed E-state index contributed by atoms with van der Waals surface area (Å²) in [5.74, 6) is 0.0569. The predicted molar refractivity (Wildman–Crippen MR) is 87.3 cm³/mol. The zero-order valence-electron chi connectivity index (χ0n) is 13.1. The molecule has 1 aliphatic rings. The summed E-state index contributed by atoms with van der Waals surface area (Å²) < 4.78 is 0. The van der Waals surface area contributed by atoms with E-state index in [9.17, 15) is 9.59 Å². The third-order valence-electron chi connectivity index (χ3n) is 4.27. The van der Waals surface area contributed by atoms with Crippen molar-refractivity contribution in [3.05, 3.63) is 30.3 Å². The first-order valence-electron chi connectivity index (χ1n) is 7.90. The highest BCUT2D eigenvalue weighted by atomic mass is 16.2. The number of benzene rings is 1. The number of nitrogens with zero attached hydrogens (tertiary/aromatic N) is 1. The fraction of sp³-hybridized carbons (Fsp3) is 0.529. The van der Waals surface area contributed by atoms with Gasteiger partial charge >= 0.3 is 0 Å². The van der Waals surface area contributed by atoms with Crippen LogP contribution in [0, 0.1) is 5.92 Å². The first-order chi connectivity index (χ1) is 10.6. The molecule has 2 amide bonds. The minimum absolute atomic E-state index is 0.00874. The average Bonchev–Trinajstić information content (AvgIpc) is 2.50. The van der Waals surface area contributed by atoms with E-state index in [-0.39, 0.29) is 30.3 Å². The highest BCUT2D eigenvalue weighted by Gasteiger charge is 2.25. The van der Waals surface area contributed by atoms with Gasteiger partial charge in [-0.05, 0) is 30.9 Å². The second-order valence-electron chi connectivity index (χ2n) is 6.08. The molecule has 5 heteroatoms. The summed E-state index contributed by atoms with van der Waals surface area (Å²) in [5, 5.41) is 2.78. The lowest BCUT2D eigenvalue weighted by molar-refractivity contribution is -0.134. The molecule has 3 N–H and O–H groups in total. The smallest absolute Gasteiger partial charge is 0.243 e. The first-order valence-corrected chi connectivity index (χ1v) is 7.90. The molecule has 0 radical (unpaired) electrons. The largest absolute Gasteiger partial charge is 0.336 e. The van der Waals surface area contributed by atoms with Gasteiger partial charge in [0.05, 0.1) is 6.54 Å². The number of nitrogens with two attached hydrogens (primary N) is 1. The summed E-state index contributed by atoms with van der Waals surface area (Å²) in [6.07, 6.45) is 4.74. The number of carbonyl (C=O) groups excluding carboxylic acids is 2. The summed E-state index contributed by atoms with van der Waals surface area (Å²) in [6.45, 7) is 0.0652. The van der Waals surface area contributed by atoms with Crippen LogP contribution in [0.4, 0.5) is 5.69 Å². The molecule has 120 valence electrons. The van der Waals surface area contributed by atoms with Crippen LogP contribution in [-0.2, 0) is 9.59 Å². The predicted octanol–water partition coefficient (Wildman–Crippen LogP) is 1.99. The third kappa shape index (κ3) is 4.84. The molecule has 2 atom stereocenters. The van der Waals surface area contributed by atoms with Crippen molar-refractivity contribution < 1.29 is 9.59 Å². The van der Waals surface area contributed by atoms with Gasteiger partial charge in [-0.3, -0.25) is 9.59 Å². The lowest BCUT2D eigenvalue weighted by atomic mass is 9.83. The number of carbonyl (C=O) groups is 2. The molecule has 0 aromatic heterocycles. The van der Waals surface area contributed by atoms with E-state index in [1.165, 1.54) is 4.90 Å². The van der Waals surface area contributed by atoms with Gasteiger partial charge in [-0.15, -0.1) is 0 Å². The van der Waals surface area contributed by atoms with Crippen molar-refractivity contribution in [1.82, 2.24) is 4.90 Å². The van der Waals surface area contributed by atoms with Gasteiger partial charge < -0.3 is 16.0 Å². The number of anilines is 1. The van der Waals surface area contributed by atoms with Gasteiger partial charge in [0.15, 0.2) is 0 Å². The van der Waals surface area contributed by atoms with Gasteiger partial charge in [-0.25, -0.2) is 0 Å². The summed E-state index contributed by atoms with van der Waals surface area (Å²) in [4.78, 5) is 25.7. The van der Waals surface area contributed by atoms with Crippen LogP contribution in [-0.4, -0.2) is 36.3 Å². The molecule has 0 bridgehead atoms. The number of likely N-dealkylation sites (N-methyl/N-ethyl adjacent to an activating group) is 1. The Balaban J connectivity index is 1.79. The Labute approximate surface area is 131 Å². The second-order valence-corrected chi connectivity index (χ2v) is 6.08. The van der Waals surface area contributed by atoms with Gasteiger partial charge in [-0.1, -0.05) is 31.0 Å².